The molecule has 1 aromatic carbocycles. The Kier molecular flexibility index (Phi) is 3.06. The molecule has 0 spiro atoms. The zero-order valence-electron chi connectivity index (χ0n) is 9.66. The molecule has 0 radical (unpaired) electrons. The maximum atomic E-state index is 10.8. The number of aromatic nitrogens is 3. The summed E-state index contributed by atoms with van der Waals surface area (Å²) in [4.78, 5) is 10.8. The van der Waals surface area contributed by atoms with Crippen LogP contribution in [0.15, 0.2) is 24.3 Å². The molecular weight excluding hydrogens is 232 g/mol. The lowest BCUT2D eigenvalue weighted by atomic mass is 10.1. The van der Waals surface area contributed by atoms with E-state index in [1.807, 2.05) is 6.07 Å². The molecule has 6 nitrogen and oxygen atoms in total. The number of carboxylic acid groups (broad SMARTS) is 1. The van der Waals surface area contributed by atoms with Crippen molar-refractivity contribution in [2.24, 2.45) is 0 Å². The number of hydrogen-bond acceptors (Lipinski definition) is 4. The Morgan fingerprint density at radius 3 is 2.61 bits per heavy atom. The highest BCUT2D eigenvalue weighted by Crippen LogP contribution is 2.09. The van der Waals surface area contributed by atoms with Crippen LogP contribution in [0.4, 0.5) is 0 Å². The van der Waals surface area contributed by atoms with Crippen LogP contribution >= 0.6 is 0 Å². The smallest absolute Gasteiger partial charge is 0.358 e. The van der Waals surface area contributed by atoms with Gasteiger partial charge in [0.05, 0.1) is 23.9 Å². The van der Waals surface area contributed by atoms with Crippen LogP contribution in [0.25, 0.3) is 0 Å². The van der Waals surface area contributed by atoms with Crippen LogP contribution in [0, 0.1) is 18.3 Å². The molecular formula is C12H10N4O2. The second-order valence-electron chi connectivity index (χ2n) is 3.79. The zero-order valence-corrected chi connectivity index (χ0v) is 9.66. The SMILES string of the molecule is Cc1c(C(=O)O)nnn1Cc1ccc(C#N)cc1. The van der Waals surface area contributed by atoms with Crippen molar-refractivity contribution in [3.63, 3.8) is 0 Å². The Morgan fingerprint density at radius 1 is 1.44 bits per heavy atom. The van der Waals surface area contributed by atoms with Crippen molar-refractivity contribution in [3.05, 3.63) is 46.8 Å². The fourth-order valence-corrected chi connectivity index (χ4v) is 1.57. The lowest BCUT2D eigenvalue weighted by Gasteiger charge is -2.03. The van der Waals surface area contributed by atoms with Gasteiger partial charge >= 0.3 is 5.97 Å². The summed E-state index contributed by atoms with van der Waals surface area (Å²) in [6, 6.07) is 9.06. The third-order valence-electron chi connectivity index (χ3n) is 2.60. The predicted octanol–water partition coefficient (Wildman–Crippen LogP) is 1.20. The fourth-order valence-electron chi connectivity index (χ4n) is 1.57. The highest BCUT2D eigenvalue weighted by atomic mass is 16.4. The molecule has 0 unspecified atom stereocenters. The molecule has 0 amide bonds. The van der Waals surface area contributed by atoms with Crippen molar-refractivity contribution >= 4 is 5.97 Å². The number of nitrogens with zero attached hydrogens (tertiary/aromatic N) is 4. The maximum absolute atomic E-state index is 10.8. The summed E-state index contributed by atoms with van der Waals surface area (Å²) in [5.74, 6) is -1.08. The van der Waals surface area contributed by atoms with E-state index in [4.69, 9.17) is 10.4 Å². The molecule has 0 saturated carbocycles. The Bertz CT molecular complexity index is 623. The minimum atomic E-state index is -1.08. The number of hydrogen-bond donors (Lipinski definition) is 1. The summed E-state index contributed by atoms with van der Waals surface area (Å²) in [5.41, 5.74) is 1.98. The first-order chi connectivity index (χ1) is 8.61. The van der Waals surface area contributed by atoms with E-state index in [1.54, 1.807) is 31.2 Å². The van der Waals surface area contributed by atoms with E-state index in [2.05, 4.69) is 10.3 Å². The molecule has 2 aromatic rings. The molecule has 0 saturated heterocycles. The summed E-state index contributed by atoms with van der Waals surface area (Å²) >= 11 is 0. The molecule has 0 bridgehead atoms. The van der Waals surface area contributed by atoms with Gasteiger partial charge < -0.3 is 5.11 Å². The van der Waals surface area contributed by atoms with Gasteiger partial charge in [0.15, 0.2) is 5.69 Å². The van der Waals surface area contributed by atoms with Crippen LogP contribution in [0.1, 0.15) is 27.3 Å². The van der Waals surface area contributed by atoms with Gasteiger partial charge in [0, 0.05) is 0 Å². The third-order valence-corrected chi connectivity index (χ3v) is 2.60. The first-order valence-corrected chi connectivity index (χ1v) is 5.24. The molecule has 1 N–H and O–H groups in total. The normalized spacial score (nSPS) is 10.0. The van der Waals surface area contributed by atoms with Gasteiger partial charge in [-0.3, -0.25) is 0 Å². The Morgan fingerprint density at radius 2 is 2.11 bits per heavy atom. The number of nitriles is 1. The second-order valence-corrected chi connectivity index (χ2v) is 3.79. The molecule has 90 valence electrons. The highest BCUT2D eigenvalue weighted by Gasteiger charge is 2.14. The molecule has 1 aromatic heterocycles. The van der Waals surface area contributed by atoms with Crippen molar-refractivity contribution < 1.29 is 9.90 Å². The fraction of sp³-hybridized carbons (Fsp3) is 0.167. The van der Waals surface area contributed by atoms with Gasteiger partial charge in [-0.1, -0.05) is 17.3 Å². The summed E-state index contributed by atoms with van der Waals surface area (Å²) in [6.45, 7) is 2.09. The maximum Gasteiger partial charge on any atom is 0.358 e. The lowest BCUT2D eigenvalue weighted by molar-refractivity contribution is 0.0689. The van der Waals surface area contributed by atoms with E-state index in [1.165, 1.54) is 4.68 Å². The largest absolute Gasteiger partial charge is 0.476 e. The zero-order chi connectivity index (χ0) is 13.1. The van der Waals surface area contributed by atoms with Crippen LogP contribution < -0.4 is 0 Å². The minimum Gasteiger partial charge on any atom is -0.476 e. The number of aromatic carboxylic acids is 1. The van der Waals surface area contributed by atoms with Crippen molar-refractivity contribution in [3.8, 4) is 6.07 Å². The Labute approximate surface area is 103 Å². The van der Waals surface area contributed by atoms with E-state index in [-0.39, 0.29) is 5.69 Å². The third kappa shape index (κ3) is 2.20. The number of carbonyl (C=O) groups is 1. The van der Waals surface area contributed by atoms with E-state index in [9.17, 15) is 4.79 Å². The van der Waals surface area contributed by atoms with Crippen LogP contribution in [0.2, 0.25) is 0 Å². The molecule has 1 heterocycles. The summed E-state index contributed by atoms with van der Waals surface area (Å²) in [7, 11) is 0. The highest BCUT2D eigenvalue weighted by molar-refractivity contribution is 5.86. The number of benzene rings is 1. The van der Waals surface area contributed by atoms with Crippen LogP contribution in [-0.4, -0.2) is 26.1 Å². The van der Waals surface area contributed by atoms with Gasteiger partial charge in [-0.15, -0.1) is 5.10 Å². The van der Waals surface area contributed by atoms with E-state index in [0.29, 0.717) is 17.8 Å². The topological polar surface area (TPSA) is 91.8 Å². The standard InChI is InChI=1S/C12H10N4O2/c1-8-11(12(17)18)14-15-16(8)7-10-4-2-9(6-13)3-5-10/h2-5H,7H2,1H3,(H,17,18). The Hall–Kier alpha value is -2.68. The summed E-state index contributed by atoms with van der Waals surface area (Å²) in [5, 5.41) is 24.9. The van der Waals surface area contributed by atoms with Crippen molar-refractivity contribution in [1.82, 2.24) is 15.0 Å². The van der Waals surface area contributed by atoms with Crippen LogP contribution in [-0.2, 0) is 6.54 Å². The number of rotatable bonds is 3. The van der Waals surface area contributed by atoms with Gasteiger partial charge in [-0.2, -0.15) is 5.26 Å². The molecule has 6 heteroatoms. The molecule has 0 aliphatic heterocycles. The van der Waals surface area contributed by atoms with Gasteiger partial charge in [0.2, 0.25) is 0 Å². The van der Waals surface area contributed by atoms with Crippen molar-refractivity contribution in [2.75, 3.05) is 0 Å². The molecule has 0 fully saturated rings. The monoisotopic (exact) mass is 242 g/mol. The molecule has 0 atom stereocenters. The van der Waals surface area contributed by atoms with Gasteiger partial charge in [-0.25, -0.2) is 9.48 Å². The lowest BCUT2D eigenvalue weighted by Crippen LogP contribution is -2.05. The first-order valence-electron chi connectivity index (χ1n) is 5.24. The average molecular weight is 242 g/mol. The van der Waals surface area contributed by atoms with Gasteiger partial charge in [0.25, 0.3) is 0 Å². The van der Waals surface area contributed by atoms with E-state index in [0.717, 1.165) is 5.56 Å². The molecule has 0 aliphatic carbocycles. The van der Waals surface area contributed by atoms with Crippen LogP contribution in [0.5, 0.6) is 0 Å². The van der Waals surface area contributed by atoms with Gasteiger partial charge in [0.1, 0.15) is 0 Å². The molecule has 18 heavy (non-hydrogen) atoms. The quantitative estimate of drug-likeness (QED) is 0.873. The number of carboxylic acids is 1. The summed E-state index contributed by atoms with van der Waals surface area (Å²) in [6.07, 6.45) is 0. The van der Waals surface area contributed by atoms with E-state index < -0.39 is 5.97 Å². The minimum absolute atomic E-state index is 0.0383. The van der Waals surface area contributed by atoms with Crippen LogP contribution in [0.3, 0.4) is 0 Å². The second kappa shape index (κ2) is 4.67. The van der Waals surface area contributed by atoms with Crippen molar-refractivity contribution in [1.29, 1.82) is 5.26 Å². The Balaban J connectivity index is 2.23. The average Bonchev–Trinajstić information content (AvgIpc) is 2.72. The van der Waals surface area contributed by atoms with Crippen molar-refractivity contribution in [2.45, 2.75) is 13.5 Å². The van der Waals surface area contributed by atoms with E-state index >= 15 is 0 Å². The first kappa shape index (κ1) is 11.8. The summed E-state index contributed by atoms with van der Waals surface area (Å²) < 4.78 is 1.52. The van der Waals surface area contributed by atoms with Gasteiger partial charge in [-0.05, 0) is 24.6 Å². The predicted molar refractivity (Wildman–Crippen MR) is 62.0 cm³/mol. The molecule has 2 rings (SSSR count). The molecule has 0 aliphatic rings.